The predicted molar refractivity (Wildman–Crippen MR) is 99.9 cm³/mol. The molecule has 0 aliphatic carbocycles. The summed E-state index contributed by atoms with van der Waals surface area (Å²) < 4.78 is 0. The fourth-order valence-electron chi connectivity index (χ4n) is 2.60. The Morgan fingerprint density at radius 2 is 1.04 bits per heavy atom. The van der Waals surface area contributed by atoms with Gasteiger partial charge in [0.05, 0.1) is 0 Å². The first-order chi connectivity index (χ1) is 11.0. The molecule has 0 fully saturated rings. The van der Waals surface area contributed by atoms with Crippen molar-refractivity contribution in [2.75, 3.05) is 6.61 Å². The van der Waals surface area contributed by atoms with E-state index in [1.165, 1.54) is 70.6 Å². The van der Waals surface area contributed by atoms with Gasteiger partial charge in [0.1, 0.15) is 0 Å². The first-order valence-electron chi connectivity index (χ1n) is 9.87. The molecule has 0 bridgehead atoms. The summed E-state index contributed by atoms with van der Waals surface area (Å²) in [6.45, 7) is 6.54. The Hall–Kier alpha value is -0.570. The van der Waals surface area contributed by atoms with Gasteiger partial charge in [-0.05, 0) is 19.3 Å². The van der Waals surface area contributed by atoms with E-state index in [2.05, 4.69) is 13.8 Å². The Balaban J connectivity index is 0. The first-order valence-corrected chi connectivity index (χ1v) is 9.87. The van der Waals surface area contributed by atoms with Crippen LogP contribution >= 0.6 is 0 Å². The van der Waals surface area contributed by atoms with E-state index in [1.54, 1.807) is 6.92 Å². The third kappa shape index (κ3) is 30.0. The fraction of sp³-hybridized carbons (Fsp3) is 0.950. The van der Waals surface area contributed by atoms with Crippen molar-refractivity contribution >= 4 is 5.97 Å². The molecule has 0 saturated carbocycles. The summed E-state index contributed by atoms with van der Waals surface area (Å²) in [5.74, 6) is 0.212. The quantitative estimate of drug-likeness (QED) is 0.352. The summed E-state index contributed by atoms with van der Waals surface area (Å²) in [4.78, 5) is 10.3. The van der Waals surface area contributed by atoms with E-state index in [-0.39, 0.29) is 6.61 Å². The zero-order valence-electron chi connectivity index (χ0n) is 16.0. The molecule has 0 radical (unpaired) electrons. The van der Waals surface area contributed by atoms with Crippen LogP contribution < -0.4 is 0 Å². The van der Waals surface area contributed by atoms with E-state index in [4.69, 9.17) is 10.2 Å². The van der Waals surface area contributed by atoms with E-state index in [0.717, 1.165) is 18.8 Å². The third-order valence-electron chi connectivity index (χ3n) is 3.92. The van der Waals surface area contributed by atoms with Gasteiger partial charge in [-0.1, -0.05) is 90.9 Å². The van der Waals surface area contributed by atoms with Gasteiger partial charge in [0.15, 0.2) is 0 Å². The maximum absolute atomic E-state index is 10.3. The zero-order valence-corrected chi connectivity index (χ0v) is 16.0. The molecule has 0 aromatic rings. The first kappa shape index (κ1) is 24.7. The molecule has 0 aliphatic heterocycles. The molecule has 23 heavy (non-hydrogen) atoms. The monoisotopic (exact) mass is 330 g/mol. The average Bonchev–Trinajstić information content (AvgIpc) is 2.48. The zero-order chi connectivity index (χ0) is 17.8. The predicted octanol–water partition coefficient (Wildman–Crippen LogP) is 6.19. The molecular formula is C20H42O3. The second-order valence-corrected chi connectivity index (χ2v) is 6.89. The summed E-state index contributed by atoms with van der Waals surface area (Å²) in [5, 5.41) is 16.1. The van der Waals surface area contributed by atoms with Crippen LogP contribution in [0.2, 0.25) is 0 Å². The second kappa shape index (κ2) is 21.4. The van der Waals surface area contributed by atoms with Crippen LogP contribution in [0.5, 0.6) is 0 Å². The lowest BCUT2D eigenvalue weighted by atomic mass is 10.0. The largest absolute Gasteiger partial charge is 0.481 e. The van der Waals surface area contributed by atoms with Crippen LogP contribution in [0.4, 0.5) is 0 Å². The molecule has 0 saturated heterocycles. The molecule has 0 rings (SSSR count). The van der Waals surface area contributed by atoms with Crippen LogP contribution in [0.3, 0.4) is 0 Å². The number of carbonyl (C=O) groups is 1. The van der Waals surface area contributed by atoms with Crippen molar-refractivity contribution in [3.05, 3.63) is 0 Å². The Morgan fingerprint density at radius 1 is 0.739 bits per heavy atom. The fourth-order valence-corrected chi connectivity index (χ4v) is 2.60. The maximum Gasteiger partial charge on any atom is 0.303 e. The van der Waals surface area contributed by atoms with Gasteiger partial charge >= 0.3 is 5.97 Å². The molecule has 0 heterocycles. The van der Waals surface area contributed by atoms with E-state index >= 15 is 0 Å². The lowest BCUT2D eigenvalue weighted by molar-refractivity contribution is -0.137. The number of hydrogen-bond acceptors (Lipinski definition) is 2. The smallest absolute Gasteiger partial charge is 0.303 e. The van der Waals surface area contributed by atoms with Gasteiger partial charge in [-0.3, -0.25) is 4.79 Å². The van der Waals surface area contributed by atoms with Gasteiger partial charge in [-0.15, -0.1) is 0 Å². The third-order valence-corrected chi connectivity index (χ3v) is 3.92. The molecule has 0 aliphatic rings. The molecule has 0 atom stereocenters. The molecule has 3 heteroatoms. The molecule has 0 unspecified atom stereocenters. The van der Waals surface area contributed by atoms with E-state index in [0.29, 0.717) is 6.42 Å². The van der Waals surface area contributed by atoms with Crippen LogP contribution in [0, 0.1) is 5.92 Å². The number of aliphatic hydroxyl groups excluding tert-OH is 1. The molecule has 0 spiro atoms. The minimum absolute atomic E-state index is 0.250. The van der Waals surface area contributed by atoms with Crippen LogP contribution in [-0.4, -0.2) is 22.8 Å². The molecule has 140 valence electrons. The highest BCUT2D eigenvalue weighted by Crippen LogP contribution is 2.14. The van der Waals surface area contributed by atoms with Gasteiger partial charge in [-0.2, -0.15) is 0 Å². The van der Waals surface area contributed by atoms with Gasteiger partial charge in [0.25, 0.3) is 0 Å². The Bertz CT molecular complexity index is 227. The van der Waals surface area contributed by atoms with Crippen molar-refractivity contribution in [1.29, 1.82) is 0 Å². The van der Waals surface area contributed by atoms with Crippen molar-refractivity contribution < 1.29 is 15.0 Å². The van der Waals surface area contributed by atoms with Crippen molar-refractivity contribution in [1.82, 2.24) is 0 Å². The van der Waals surface area contributed by atoms with Crippen molar-refractivity contribution in [2.24, 2.45) is 5.92 Å². The highest BCUT2D eigenvalue weighted by Gasteiger charge is 1.97. The molecule has 2 N–H and O–H groups in total. The standard InChI is InChI=1S/C18H36O2.C2H6O/c1-17(2)15-13-11-9-7-5-3-4-6-8-10-12-14-16-18(19)20;1-2-3/h17H,3-16H2,1-2H3,(H,19,20);3H,2H2,1H3. The number of rotatable bonds is 15. The average molecular weight is 331 g/mol. The minimum atomic E-state index is -0.654. The lowest BCUT2D eigenvalue weighted by Crippen LogP contribution is -1.93. The highest BCUT2D eigenvalue weighted by atomic mass is 16.4. The summed E-state index contributed by atoms with van der Waals surface area (Å²) in [7, 11) is 0. The topological polar surface area (TPSA) is 57.5 Å². The number of aliphatic carboxylic acids is 1. The van der Waals surface area contributed by atoms with E-state index < -0.39 is 5.97 Å². The normalized spacial score (nSPS) is 10.5. The van der Waals surface area contributed by atoms with Crippen molar-refractivity contribution in [2.45, 2.75) is 111 Å². The van der Waals surface area contributed by atoms with Crippen LogP contribution in [-0.2, 0) is 4.79 Å². The van der Waals surface area contributed by atoms with Crippen LogP contribution in [0.15, 0.2) is 0 Å². The molecule has 0 amide bonds. The summed E-state index contributed by atoms with van der Waals surface area (Å²) in [6.07, 6.45) is 17.3. The number of aliphatic hydroxyl groups is 1. The number of unbranched alkanes of at least 4 members (excludes halogenated alkanes) is 11. The minimum Gasteiger partial charge on any atom is -0.481 e. The van der Waals surface area contributed by atoms with E-state index in [1.807, 2.05) is 0 Å². The Kier molecular flexibility index (Phi) is 23.0. The SMILES string of the molecule is CC(C)CCCCCCCCCCCCCCC(=O)O.CCO. The van der Waals surface area contributed by atoms with Gasteiger partial charge in [0.2, 0.25) is 0 Å². The highest BCUT2D eigenvalue weighted by molar-refractivity contribution is 5.66. The maximum atomic E-state index is 10.3. The molecule has 0 aromatic heterocycles. The van der Waals surface area contributed by atoms with Gasteiger partial charge in [-0.25, -0.2) is 0 Å². The van der Waals surface area contributed by atoms with Crippen molar-refractivity contribution in [3.63, 3.8) is 0 Å². The van der Waals surface area contributed by atoms with E-state index in [9.17, 15) is 4.79 Å². The lowest BCUT2D eigenvalue weighted by Gasteiger charge is -2.04. The number of carboxylic acids is 1. The molecule has 3 nitrogen and oxygen atoms in total. The Morgan fingerprint density at radius 3 is 1.35 bits per heavy atom. The summed E-state index contributed by atoms with van der Waals surface area (Å²) in [6, 6.07) is 0. The summed E-state index contributed by atoms with van der Waals surface area (Å²) >= 11 is 0. The second-order valence-electron chi connectivity index (χ2n) is 6.89. The molecule has 0 aromatic carbocycles. The van der Waals surface area contributed by atoms with Crippen LogP contribution in [0.1, 0.15) is 111 Å². The Labute approximate surface area is 144 Å². The van der Waals surface area contributed by atoms with Crippen molar-refractivity contribution in [3.8, 4) is 0 Å². The summed E-state index contributed by atoms with van der Waals surface area (Å²) in [5.41, 5.74) is 0. The van der Waals surface area contributed by atoms with Gasteiger partial charge in [0, 0.05) is 13.0 Å². The number of hydrogen-bond donors (Lipinski definition) is 2. The van der Waals surface area contributed by atoms with Gasteiger partial charge < -0.3 is 10.2 Å². The molecular weight excluding hydrogens is 288 g/mol. The van der Waals surface area contributed by atoms with Crippen LogP contribution in [0.25, 0.3) is 0 Å². The number of carboxylic acid groups (broad SMARTS) is 1.